The molecule has 0 atom stereocenters. The molecular weight excluding hydrogens is 529 g/mol. The molecule has 0 amide bonds. The molecule has 3 aromatic carbocycles. The predicted molar refractivity (Wildman–Crippen MR) is 141 cm³/mol. The molecule has 0 radical (unpaired) electrons. The second-order valence-corrected chi connectivity index (χ2v) is 8.89. The Hall–Kier alpha value is -3.72. The Labute approximate surface area is 216 Å². The van der Waals surface area contributed by atoms with Gasteiger partial charge < -0.3 is 14.2 Å². The third-order valence-corrected chi connectivity index (χ3v) is 5.92. The van der Waals surface area contributed by atoms with Gasteiger partial charge in [0.05, 0.1) is 31.3 Å². The molecule has 0 spiro atoms. The summed E-state index contributed by atoms with van der Waals surface area (Å²) >= 11 is 3.41. The first kappa shape index (κ1) is 25.4. The number of hydrogen-bond acceptors (Lipinski definition) is 6. The van der Waals surface area contributed by atoms with Crippen LogP contribution in [0.1, 0.15) is 30.3 Å². The molecule has 9 heteroatoms. The Balaban J connectivity index is 1.70. The highest BCUT2D eigenvalue weighted by Crippen LogP contribution is 2.38. The quantitative estimate of drug-likeness (QED) is 0.247. The largest absolute Gasteiger partial charge is 0.493 e. The van der Waals surface area contributed by atoms with Gasteiger partial charge in [-0.2, -0.15) is 9.78 Å². The zero-order valence-corrected chi connectivity index (χ0v) is 21.7. The number of hydrogen-bond donors (Lipinski definition) is 0. The average molecular weight is 554 g/mol. The number of ether oxygens (including phenoxy) is 3. The third kappa shape index (κ3) is 5.57. The van der Waals surface area contributed by atoms with Crippen molar-refractivity contribution < 1.29 is 18.6 Å². The topological polar surface area (TPSA) is 74.9 Å². The molecule has 0 saturated heterocycles. The lowest BCUT2D eigenvalue weighted by molar-refractivity contribution is 0.265. The molecule has 4 rings (SSSR count). The lowest BCUT2D eigenvalue weighted by Crippen LogP contribution is -2.22. The van der Waals surface area contributed by atoms with Crippen LogP contribution < -0.4 is 19.8 Å². The van der Waals surface area contributed by atoms with E-state index in [4.69, 9.17) is 14.2 Å². The Morgan fingerprint density at radius 2 is 1.83 bits per heavy atom. The zero-order valence-electron chi connectivity index (χ0n) is 20.1. The normalized spacial score (nSPS) is 11.2. The molecule has 0 bridgehead atoms. The van der Waals surface area contributed by atoms with Crippen molar-refractivity contribution in [3.8, 4) is 17.2 Å². The number of aromatic nitrogens is 2. The van der Waals surface area contributed by atoms with Crippen molar-refractivity contribution in [2.45, 2.75) is 26.4 Å². The van der Waals surface area contributed by atoms with E-state index in [1.807, 2.05) is 19.1 Å². The van der Waals surface area contributed by atoms with E-state index in [1.165, 1.54) is 31.0 Å². The van der Waals surface area contributed by atoms with Crippen molar-refractivity contribution >= 4 is 33.0 Å². The number of aryl methyl sites for hydroxylation is 1. The van der Waals surface area contributed by atoms with Gasteiger partial charge >= 0.3 is 0 Å². The summed E-state index contributed by atoms with van der Waals surface area (Å²) in [7, 11) is 3.03. The monoisotopic (exact) mass is 553 g/mol. The standard InChI is InChI=1S/C27H25BrFN3O4/c1-4-6-25-31-22-10-9-19(28)14-21(22)27(33)32(25)30-15-18-12-23(34-2)26(24(13-18)35-3)36-16-17-7-5-8-20(29)11-17/h5,7-15H,4,6,16H2,1-3H3. The lowest BCUT2D eigenvalue weighted by Gasteiger charge is -2.15. The van der Waals surface area contributed by atoms with Gasteiger partial charge in [0.15, 0.2) is 11.5 Å². The number of fused-ring (bicyclic) bond motifs is 1. The molecule has 1 heterocycles. The van der Waals surface area contributed by atoms with E-state index in [2.05, 4.69) is 26.0 Å². The van der Waals surface area contributed by atoms with Gasteiger partial charge in [0.25, 0.3) is 5.56 Å². The highest BCUT2D eigenvalue weighted by atomic mass is 79.9. The molecule has 4 aromatic rings. The van der Waals surface area contributed by atoms with E-state index in [-0.39, 0.29) is 18.0 Å². The van der Waals surface area contributed by atoms with Gasteiger partial charge in [0.2, 0.25) is 5.75 Å². The summed E-state index contributed by atoms with van der Waals surface area (Å²) in [6.45, 7) is 2.15. The van der Waals surface area contributed by atoms with E-state index in [1.54, 1.807) is 36.5 Å². The minimum absolute atomic E-state index is 0.131. The second-order valence-electron chi connectivity index (χ2n) is 7.97. The Bertz CT molecular complexity index is 1460. The summed E-state index contributed by atoms with van der Waals surface area (Å²) < 4.78 is 32.6. The second kappa shape index (κ2) is 11.3. The molecule has 0 aliphatic heterocycles. The lowest BCUT2D eigenvalue weighted by atomic mass is 10.2. The molecule has 0 N–H and O–H groups in total. The molecule has 1 aromatic heterocycles. The van der Waals surface area contributed by atoms with Gasteiger partial charge in [0.1, 0.15) is 18.2 Å². The van der Waals surface area contributed by atoms with Crippen LogP contribution in [-0.2, 0) is 13.0 Å². The van der Waals surface area contributed by atoms with Gasteiger partial charge in [-0.05, 0) is 54.4 Å². The van der Waals surface area contributed by atoms with Crippen LogP contribution in [0.15, 0.2) is 69.0 Å². The maximum atomic E-state index is 13.5. The van der Waals surface area contributed by atoms with Gasteiger partial charge in [-0.25, -0.2) is 9.37 Å². The summed E-state index contributed by atoms with van der Waals surface area (Å²) in [5, 5.41) is 4.94. The third-order valence-electron chi connectivity index (χ3n) is 5.43. The summed E-state index contributed by atoms with van der Waals surface area (Å²) in [6, 6.07) is 15.0. The Kier molecular flexibility index (Phi) is 8.00. The number of halogens is 2. The molecule has 0 fully saturated rings. The highest BCUT2D eigenvalue weighted by molar-refractivity contribution is 9.10. The van der Waals surface area contributed by atoms with Crippen molar-refractivity contribution in [2.75, 3.05) is 14.2 Å². The first-order valence-corrected chi connectivity index (χ1v) is 12.1. The van der Waals surface area contributed by atoms with Crippen molar-refractivity contribution in [1.29, 1.82) is 0 Å². The highest BCUT2D eigenvalue weighted by Gasteiger charge is 2.15. The fourth-order valence-electron chi connectivity index (χ4n) is 3.72. The van der Waals surface area contributed by atoms with Crippen molar-refractivity contribution in [1.82, 2.24) is 9.66 Å². The predicted octanol–water partition coefficient (Wildman–Crippen LogP) is 5.73. The fourth-order valence-corrected chi connectivity index (χ4v) is 4.08. The molecular formula is C27H25BrFN3O4. The minimum atomic E-state index is -0.338. The first-order valence-electron chi connectivity index (χ1n) is 11.3. The Morgan fingerprint density at radius 1 is 1.08 bits per heavy atom. The molecule has 0 aliphatic carbocycles. The molecule has 186 valence electrons. The SMILES string of the molecule is CCCc1nc2ccc(Br)cc2c(=O)n1N=Cc1cc(OC)c(OCc2cccc(F)c2)c(OC)c1. The average Bonchev–Trinajstić information content (AvgIpc) is 2.87. The summed E-state index contributed by atoms with van der Waals surface area (Å²) in [5.74, 6) is 1.43. The van der Waals surface area contributed by atoms with E-state index in [0.717, 1.165) is 10.9 Å². The van der Waals surface area contributed by atoms with Crippen molar-refractivity contribution in [3.63, 3.8) is 0 Å². The maximum Gasteiger partial charge on any atom is 0.282 e. The summed E-state index contributed by atoms with van der Waals surface area (Å²) in [6.07, 6.45) is 2.95. The van der Waals surface area contributed by atoms with Crippen LogP contribution in [0.25, 0.3) is 10.9 Å². The Morgan fingerprint density at radius 3 is 2.50 bits per heavy atom. The van der Waals surface area contributed by atoms with Crippen LogP contribution in [0.3, 0.4) is 0 Å². The van der Waals surface area contributed by atoms with Crippen LogP contribution >= 0.6 is 15.9 Å². The maximum absolute atomic E-state index is 13.5. The van der Waals surface area contributed by atoms with Crippen LogP contribution in [-0.4, -0.2) is 30.1 Å². The van der Waals surface area contributed by atoms with E-state index in [9.17, 15) is 9.18 Å². The van der Waals surface area contributed by atoms with E-state index < -0.39 is 0 Å². The molecule has 0 aliphatic rings. The van der Waals surface area contributed by atoms with Gasteiger partial charge in [0, 0.05) is 16.5 Å². The number of nitrogens with zero attached hydrogens (tertiary/aromatic N) is 3. The van der Waals surface area contributed by atoms with Crippen molar-refractivity contribution in [2.24, 2.45) is 5.10 Å². The summed E-state index contributed by atoms with van der Waals surface area (Å²) in [4.78, 5) is 17.9. The van der Waals surface area contributed by atoms with Gasteiger partial charge in [-0.1, -0.05) is 35.0 Å². The number of rotatable bonds is 9. The minimum Gasteiger partial charge on any atom is -0.493 e. The molecule has 7 nitrogen and oxygen atoms in total. The zero-order chi connectivity index (χ0) is 25.7. The van der Waals surface area contributed by atoms with E-state index >= 15 is 0 Å². The van der Waals surface area contributed by atoms with Crippen LogP contribution in [0.5, 0.6) is 17.2 Å². The van der Waals surface area contributed by atoms with Crippen molar-refractivity contribution in [3.05, 3.63) is 92.2 Å². The first-order chi connectivity index (χ1) is 17.4. The fraction of sp³-hybridized carbons (Fsp3) is 0.222. The summed E-state index contributed by atoms with van der Waals surface area (Å²) in [5.41, 5.74) is 1.67. The molecule has 0 unspecified atom stereocenters. The number of benzene rings is 3. The van der Waals surface area contributed by atoms with Crippen LogP contribution in [0, 0.1) is 5.82 Å². The number of methoxy groups -OCH3 is 2. The molecule has 0 saturated carbocycles. The van der Waals surface area contributed by atoms with E-state index in [0.29, 0.717) is 51.5 Å². The molecule has 36 heavy (non-hydrogen) atoms. The van der Waals surface area contributed by atoms with Gasteiger partial charge in [-0.3, -0.25) is 4.79 Å². The van der Waals surface area contributed by atoms with Crippen LogP contribution in [0.4, 0.5) is 4.39 Å². The van der Waals surface area contributed by atoms with Gasteiger partial charge in [-0.15, -0.1) is 0 Å². The smallest absolute Gasteiger partial charge is 0.282 e. The van der Waals surface area contributed by atoms with Crippen LogP contribution in [0.2, 0.25) is 0 Å².